The molecule has 1 heterocycles. The van der Waals surface area contributed by atoms with Gasteiger partial charge in [0.1, 0.15) is 5.82 Å². The van der Waals surface area contributed by atoms with Crippen molar-refractivity contribution in [1.82, 2.24) is 4.90 Å². The van der Waals surface area contributed by atoms with Gasteiger partial charge in [0.15, 0.2) is 0 Å². The third-order valence-electron chi connectivity index (χ3n) is 5.77. The first-order valence-corrected chi connectivity index (χ1v) is 9.29. The van der Waals surface area contributed by atoms with Crippen LogP contribution >= 0.6 is 0 Å². The van der Waals surface area contributed by atoms with E-state index in [1.807, 2.05) is 17.0 Å². The van der Waals surface area contributed by atoms with Crippen LogP contribution in [-0.4, -0.2) is 35.0 Å². The highest BCUT2D eigenvalue weighted by Crippen LogP contribution is 2.32. The number of rotatable bonds is 4. The van der Waals surface area contributed by atoms with Crippen molar-refractivity contribution in [2.45, 2.75) is 44.9 Å². The zero-order valence-electron chi connectivity index (χ0n) is 14.5. The largest absolute Gasteiger partial charge is 0.481 e. The van der Waals surface area contributed by atoms with Crippen LogP contribution < -0.4 is 0 Å². The highest BCUT2D eigenvalue weighted by Gasteiger charge is 2.34. The molecule has 0 aromatic heterocycles. The molecule has 0 spiro atoms. The standard InChI is InChI=1S/C20H26FNO3/c21-18-7-2-1-4-15(18)12-14-8-10-22(11-9-14)19(23)16-5-3-6-17(13-16)20(24)25/h1-2,4,7,14,16-17H,3,5-6,8-13H2,(H,24,25). The summed E-state index contributed by atoms with van der Waals surface area (Å²) in [5.41, 5.74) is 0.754. The molecule has 2 fully saturated rings. The summed E-state index contributed by atoms with van der Waals surface area (Å²) in [6.45, 7) is 1.40. The number of carboxylic acids is 1. The number of aliphatic carboxylic acids is 1. The number of carbonyl (C=O) groups is 2. The summed E-state index contributed by atoms with van der Waals surface area (Å²) in [6.07, 6.45) is 5.27. The van der Waals surface area contributed by atoms with E-state index < -0.39 is 5.97 Å². The number of amides is 1. The molecule has 5 heteroatoms. The lowest BCUT2D eigenvalue weighted by atomic mass is 9.80. The van der Waals surface area contributed by atoms with Gasteiger partial charge in [-0.15, -0.1) is 0 Å². The van der Waals surface area contributed by atoms with Crippen molar-refractivity contribution in [3.8, 4) is 0 Å². The van der Waals surface area contributed by atoms with Gasteiger partial charge in [-0.1, -0.05) is 24.6 Å². The second-order valence-electron chi connectivity index (χ2n) is 7.46. The zero-order valence-corrected chi connectivity index (χ0v) is 14.5. The second kappa shape index (κ2) is 7.98. The predicted octanol–water partition coefficient (Wildman–Crippen LogP) is 3.50. The molecule has 1 amide bonds. The van der Waals surface area contributed by atoms with E-state index in [0.29, 0.717) is 31.8 Å². The van der Waals surface area contributed by atoms with Gasteiger partial charge in [-0.3, -0.25) is 9.59 Å². The Labute approximate surface area is 148 Å². The van der Waals surface area contributed by atoms with Crippen molar-refractivity contribution >= 4 is 11.9 Å². The molecule has 2 atom stereocenters. The molecule has 25 heavy (non-hydrogen) atoms. The van der Waals surface area contributed by atoms with Crippen LogP contribution in [0.5, 0.6) is 0 Å². The Morgan fingerprint density at radius 2 is 1.76 bits per heavy atom. The lowest BCUT2D eigenvalue weighted by Gasteiger charge is -2.36. The van der Waals surface area contributed by atoms with Crippen LogP contribution in [0.4, 0.5) is 4.39 Å². The van der Waals surface area contributed by atoms with Crippen LogP contribution in [0.1, 0.15) is 44.1 Å². The highest BCUT2D eigenvalue weighted by molar-refractivity contribution is 5.80. The highest BCUT2D eigenvalue weighted by atomic mass is 19.1. The maximum atomic E-state index is 13.8. The normalized spacial score (nSPS) is 24.9. The molecular weight excluding hydrogens is 321 g/mol. The summed E-state index contributed by atoms with van der Waals surface area (Å²) >= 11 is 0. The topological polar surface area (TPSA) is 57.6 Å². The van der Waals surface area contributed by atoms with Crippen LogP contribution in [0.3, 0.4) is 0 Å². The molecule has 0 bridgehead atoms. The van der Waals surface area contributed by atoms with E-state index in [1.165, 1.54) is 6.07 Å². The Hall–Kier alpha value is -1.91. The van der Waals surface area contributed by atoms with Gasteiger partial charge < -0.3 is 10.0 Å². The molecule has 1 saturated heterocycles. The van der Waals surface area contributed by atoms with E-state index in [1.54, 1.807) is 6.07 Å². The van der Waals surface area contributed by atoms with Crippen LogP contribution in [-0.2, 0) is 16.0 Å². The molecule has 4 nitrogen and oxygen atoms in total. The maximum Gasteiger partial charge on any atom is 0.306 e. The van der Waals surface area contributed by atoms with E-state index in [-0.39, 0.29) is 23.6 Å². The van der Waals surface area contributed by atoms with E-state index in [2.05, 4.69) is 0 Å². The molecule has 1 aliphatic carbocycles. The lowest BCUT2D eigenvalue weighted by molar-refractivity contribution is -0.145. The first kappa shape index (κ1) is 17.9. The molecule has 136 valence electrons. The fourth-order valence-electron chi connectivity index (χ4n) is 4.23. The van der Waals surface area contributed by atoms with Crippen molar-refractivity contribution in [2.75, 3.05) is 13.1 Å². The summed E-state index contributed by atoms with van der Waals surface area (Å²) in [4.78, 5) is 25.8. The van der Waals surface area contributed by atoms with Crippen molar-refractivity contribution in [1.29, 1.82) is 0 Å². The Morgan fingerprint density at radius 3 is 2.44 bits per heavy atom. The fraction of sp³-hybridized carbons (Fsp3) is 0.600. The minimum absolute atomic E-state index is 0.121. The Balaban J connectivity index is 1.51. The number of nitrogens with zero attached hydrogens (tertiary/aromatic N) is 1. The van der Waals surface area contributed by atoms with Crippen LogP contribution in [0, 0.1) is 23.6 Å². The number of carbonyl (C=O) groups excluding carboxylic acids is 1. The van der Waals surface area contributed by atoms with Crippen LogP contribution in [0.15, 0.2) is 24.3 Å². The minimum Gasteiger partial charge on any atom is -0.481 e. The summed E-state index contributed by atoms with van der Waals surface area (Å²) in [7, 11) is 0. The summed E-state index contributed by atoms with van der Waals surface area (Å²) in [5.74, 6) is -0.919. The molecule has 2 aliphatic rings. The predicted molar refractivity (Wildman–Crippen MR) is 92.5 cm³/mol. The third kappa shape index (κ3) is 4.39. The number of halogens is 1. The number of likely N-dealkylation sites (tertiary alicyclic amines) is 1. The average Bonchev–Trinajstić information content (AvgIpc) is 2.64. The maximum absolute atomic E-state index is 13.8. The average molecular weight is 347 g/mol. The first-order valence-electron chi connectivity index (χ1n) is 9.29. The zero-order chi connectivity index (χ0) is 17.8. The number of carboxylic acid groups (broad SMARTS) is 1. The number of hydrogen-bond donors (Lipinski definition) is 1. The smallest absolute Gasteiger partial charge is 0.306 e. The number of hydrogen-bond acceptors (Lipinski definition) is 2. The molecule has 1 aromatic carbocycles. The number of piperidine rings is 1. The van der Waals surface area contributed by atoms with E-state index in [0.717, 1.165) is 37.7 Å². The van der Waals surface area contributed by atoms with E-state index in [4.69, 9.17) is 0 Å². The van der Waals surface area contributed by atoms with E-state index in [9.17, 15) is 19.1 Å². The van der Waals surface area contributed by atoms with Crippen LogP contribution in [0.2, 0.25) is 0 Å². The molecule has 3 rings (SSSR count). The third-order valence-corrected chi connectivity index (χ3v) is 5.77. The Kier molecular flexibility index (Phi) is 5.71. The Morgan fingerprint density at radius 1 is 1.08 bits per heavy atom. The van der Waals surface area contributed by atoms with E-state index >= 15 is 0 Å². The fourth-order valence-corrected chi connectivity index (χ4v) is 4.23. The van der Waals surface area contributed by atoms with Crippen molar-refractivity contribution in [2.24, 2.45) is 17.8 Å². The molecular formula is C20H26FNO3. The molecule has 1 saturated carbocycles. The van der Waals surface area contributed by atoms with Gasteiger partial charge in [0.2, 0.25) is 5.91 Å². The van der Waals surface area contributed by atoms with Crippen molar-refractivity contribution in [3.63, 3.8) is 0 Å². The van der Waals surface area contributed by atoms with Gasteiger partial charge in [-0.05, 0) is 56.1 Å². The minimum atomic E-state index is -0.777. The second-order valence-corrected chi connectivity index (χ2v) is 7.46. The van der Waals surface area contributed by atoms with Gasteiger partial charge in [0.25, 0.3) is 0 Å². The molecule has 0 radical (unpaired) electrons. The molecule has 2 unspecified atom stereocenters. The summed E-state index contributed by atoms with van der Waals surface area (Å²) < 4.78 is 13.8. The molecule has 1 N–H and O–H groups in total. The summed E-state index contributed by atoms with van der Waals surface area (Å²) in [5, 5.41) is 9.19. The van der Waals surface area contributed by atoms with Gasteiger partial charge in [-0.2, -0.15) is 0 Å². The van der Waals surface area contributed by atoms with Crippen molar-refractivity contribution < 1.29 is 19.1 Å². The lowest BCUT2D eigenvalue weighted by Crippen LogP contribution is -2.43. The Bertz CT molecular complexity index is 625. The van der Waals surface area contributed by atoms with Crippen molar-refractivity contribution in [3.05, 3.63) is 35.6 Å². The van der Waals surface area contributed by atoms with Crippen LogP contribution in [0.25, 0.3) is 0 Å². The number of benzene rings is 1. The molecule has 1 aliphatic heterocycles. The SMILES string of the molecule is O=C(O)C1CCCC(C(=O)N2CCC(Cc3ccccc3F)CC2)C1. The first-order chi connectivity index (χ1) is 12.0. The quantitative estimate of drug-likeness (QED) is 0.907. The van der Waals surface area contributed by atoms with Gasteiger partial charge in [0, 0.05) is 19.0 Å². The van der Waals surface area contributed by atoms with Gasteiger partial charge >= 0.3 is 5.97 Å². The monoisotopic (exact) mass is 347 g/mol. The van der Waals surface area contributed by atoms with Gasteiger partial charge in [-0.25, -0.2) is 4.39 Å². The molecule has 1 aromatic rings. The van der Waals surface area contributed by atoms with Gasteiger partial charge in [0.05, 0.1) is 5.92 Å². The summed E-state index contributed by atoms with van der Waals surface area (Å²) in [6, 6.07) is 6.89.